The molecule has 1 aliphatic rings. The van der Waals surface area contributed by atoms with Gasteiger partial charge in [0.2, 0.25) is 0 Å². The second kappa shape index (κ2) is 5.59. The minimum atomic E-state index is -0.334. The van der Waals surface area contributed by atoms with E-state index >= 15 is 0 Å². The van der Waals surface area contributed by atoms with Crippen LogP contribution < -0.4 is 15.2 Å². The maximum absolute atomic E-state index is 6.62. The van der Waals surface area contributed by atoms with Gasteiger partial charge in [-0.15, -0.1) is 0 Å². The molecule has 0 aliphatic heterocycles. The van der Waals surface area contributed by atoms with Gasteiger partial charge < -0.3 is 15.2 Å². The van der Waals surface area contributed by atoms with Crippen molar-refractivity contribution in [2.75, 3.05) is 14.2 Å². The van der Waals surface area contributed by atoms with Crippen LogP contribution >= 0.6 is 11.6 Å². The molecular formula is C15H22ClNO2. The van der Waals surface area contributed by atoms with E-state index in [1.54, 1.807) is 14.2 Å². The molecule has 0 atom stereocenters. The van der Waals surface area contributed by atoms with Crippen LogP contribution in [-0.2, 0) is 5.54 Å². The van der Waals surface area contributed by atoms with Crippen LogP contribution in [0.3, 0.4) is 0 Å². The van der Waals surface area contributed by atoms with Crippen molar-refractivity contribution >= 4 is 11.6 Å². The highest BCUT2D eigenvalue weighted by Gasteiger charge is 2.34. The van der Waals surface area contributed by atoms with Crippen LogP contribution in [-0.4, -0.2) is 14.2 Å². The number of halogens is 1. The summed E-state index contributed by atoms with van der Waals surface area (Å²) >= 11 is 6.45. The first kappa shape index (κ1) is 14.5. The molecule has 2 rings (SSSR count). The van der Waals surface area contributed by atoms with E-state index in [2.05, 4.69) is 0 Å². The van der Waals surface area contributed by atoms with Crippen LogP contribution in [0.1, 0.15) is 43.2 Å². The molecule has 1 saturated carbocycles. The van der Waals surface area contributed by atoms with Gasteiger partial charge in [-0.2, -0.15) is 0 Å². The zero-order valence-corrected chi connectivity index (χ0v) is 12.6. The second-order valence-corrected chi connectivity index (χ2v) is 5.72. The van der Waals surface area contributed by atoms with Crippen LogP contribution in [0.4, 0.5) is 0 Å². The Morgan fingerprint density at radius 3 is 2.32 bits per heavy atom. The van der Waals surface area contributed by atoms with Crippen LogP contribution in [0.5, 0.6) is 11.5 Å². The monoisotopic (exact) mass is 283 g/mol. The highest BCUT2D eigenvalue weighted by atomic mass is 35.5. The van der Waals surface area contributed by atoms with Gasteiger partial charge in [0.1, 0.15) is 0 Å². The van der Waals surface area contributed by atoms with Crippen molar-refractivity contribution in [3.05, 3.63) is 22.2 Å². The van der Waals surface area contributed by atoms with Gasteiger partial charge in [-0.25, -0.2) is 0 Å². The van der Waals surface area contributed by atoms with E-state index in [0.29, 0.717) is 10.8 Å². The van der Waals surface area contributed by atoms with Crippen molar-refractivity contribution in [2.24, 2.45) is 5.73 Å². The normalized spacial score (nSPS) is 18.2. The molecule has 1 aliphatic carbocycles. The summed E-state index contributed by atoms with van der Waals surface area (Å²) in [4.78, 5) is 0. The van der Waals surface area contributed by atoms with E-state index in [9.17, 15) is 0 Å². The van der Waals surface area contributed by atoms with E-state index in [-0.39, 0.29) is 5.54 Å². The Labute approximate surface area is 120 Å². The molecule has 1 aromatic carbocycles. The summed E-state index contributed by atoms with van der Waals surface area (Å²) in [6.07, 6.45) is 5.51. The first-order valence-corrected chi connectivity index (χ1v) is 7.11. The standard InChI is InChI=1S/C15H22ClNO2/c1-10-13(15(17)7-5-4-6-8-15)11(16)9-12(18-2)14(10)19-3/h9H,4-8,17H2,1-3H3. The van der Waals surface area contributed by atoms with Gasteiger partial charge in [-0.1, -0.05) is 30.9 Å². The van der Waals surface area contributed by atoms with Crippen LogP contribution in [0.15, 0.2) is 6.07 Å². The summed E-state index contributed by atoms with van der Waals surface area (Å²) in [5.41, 5.74) is 8.30. The molecule has 0 bridgehead atoms. The summed E-state index contributed by atoms with van der Waals surface area (Å²) in [6, 6.07) is 1.81. The Kier molecular flexibility index (Phi) is 4.26. The molecule has 0 amide bonds. The van der Waals surface area contributed by atoms with E-state index in [4.69, 9.17) is 26.8 Å². The molecule has 0 spiro atoms. The minimum absolute atomic E-state index is 0.334. The molecule has 3 nitrogen and oxygen atoms in total. The van der Waals surface area contributed by atoms with Crippen molar-refractivity contribution in [1.82, 2.24) is 0 Å². The minimum Gasteiger partial charge on any atom is -0.493 e. The molecular weight excluding hydrogens is 262 g/mol. The third-order valence-corrected chi connectivity index (χ3v) is 4.40. The van der Waals surface area contributed by atoms with Crippen molar-refractivity contribution in [1.29, 1.82) is 0 Å². The predicted molar refractivity (Wildman–Crippen MR) is 78.2 cm³/mol. The second-order valence-electron chi connectivity index (χ2n) is 5.31. The summed E-state index contributed by atoms with van der Waals surface area (Å²) in [5, 5.41) is 0.680. The summed E-state index contributed by atoms with van der Waals surface area (Å²) in [5.74, 6) is 1.39. The Bertz CT molecular complexity index is 468. The Morgan fingerprint density at radius 2 is 1.79 bits per heavy atom. The van der Waals surface area contributed by atoms with Gasteiger partial charge in [0.15, 0.2) is 11.5 Å². The van der Waals surface area contributed by atoms with Gasteiger partial charge >= 0.3 is 0 Å². The van der Waals surface area contributed by atoms with Crippen LogP contribution in [0.2, 0.25) is 5.02 Å². The lowest BCUT2D eigenvalue weighted by Crippen LogP contribution is -2.39. The smallest absolute Gasteiger partial charge is 0.164 e. The van der Waals surface area contributed by atoms with E-state index in [1.807, 2.05) is 13.0 Å². The van der Waals surface area contributed by atoms with Crippen LogP contribution in [0.25, 0.3) is 0 Å². The number of hydrogen-bond acceptors (Lipinski definition) is 3. The number of benzene rings is 1. The van der Waals surface area contributed by atoms with Crippen molar-refractivity contribution in [3.8, 4) is 11.5 Å². The van der Waals surface area contributed by atoms with Gasteiger partial charge in [0, 0.05) is 22.2 Å². The maximum Gasteiger partial charge on any atom is 0.164 e. The molecule has 0 saturated heterocycles. The summed E-state index contributed by atoms with van der Waals surface area (Å²) in [7, 11) is 3.26. The Hall–Kier alpha value is -0.930. The molecule has 106 valence electrons. The zero-order chi connectivity index (χ0) is 14.0. The molecule has 4 heteroatoms. The molecule has 0 radical (unpaired) electrons. The lowest BCUT2D eigenvalue weighted by molar-refractivity contribution is 0.297. The lowest BCUT2D eigenvalue weighted by Gasteiger charge is -2.36. The molecule has 1 aromatic rings. The Balaban J connectivity index is 2.56. The first-order valence-electron chi connectivity index (χ1n) is 6.74. The SMILES string of the molecule is COc1cc(Cl)c(C2(N)CCCCC2)c(C)c1OC. The highest BCUT2D eigenvalue weighted by Crippen LogP contribution is 2.45. The average molecular weight is 284 g/mol. The largest absolute Gasteiger partial charge is 0.493 e. The van der Waals surface area contributed by atoms with Gasteiger partial charge in [0.05, 0.1) is 14.2 Å². The van der Waals surface area contributed by atoms with E-state index in [1.165, 1.54) is 6.42 Å². The molecule has 1 fully saturated rings. The van der Waals surface area contributed by atoms with E-state index in [0.717, 1.165) is 42.6 Å². The van der Waals surface area contributed by atoms with E-state index < -0.39 is 0 Å². The van der Waals surface area contributed by atoms with Crippen molar-refractivity contribution in [3.63, 3.8) is 0 Å². The third-order valence-electron chi connectivity index (χ3n) is 4.10. The fraction of sp³-hybridized carbons (Fsp3) is 0.600. The molecule has 19 heavy (non-hydrogen) atoms. The predicted octanol–water partition coefficient (Wildman–Crippen LogP) is 3.78. The number of methoxy groups -OCH3 is 2. The van der Waals surface area contributed by atoms with Crippen molar-refractivity contribution < 1.29 is 9.47 Å². The van der Waals surface area contributed by atoms with Gasteiger partial charge in [0.25, 0.3) is 0 Å². The first-order chi connectivity index (χ1) is 9.03. The van der Waals surface area contributed by atoms with Gasteiger partial charge in [-0.3, -0.25) is 0 Å². The van der Waals surface area contributed by atoms with Crippen molar-refractivity contribution in [2.45, 2.75) is 44.6 Å². The lowest BCUT2D eigenvalue weighted by atomic mass is 9.75. The van der Waals surface area contributed by atoms with Crippen LogP contribution in [0, 0.1) is 6.92 Å². The molecule has 2 N–H and O–H groups in total. The zero-order valence-electron chi connectivity index (χ0n) is 11.9. The number of nitrogens with two attached hydrogens (primary N) is 1. The fourth-order valence-electron chi connectivity index (χ4n) is 3.18. The topological polar surface area (TPSA) is 44.5 Å². The summed E-state index contributed by atoms with van der Waals surface area (Å²) in [6.45, 7) is 2.01. The maximum atomic E-state index is 6.62. The quantitative estimate of drug-likeness (QED) is 0.918. The number of ether oxygens (including phenoxy) is 2. The molecule has 0 aromatic heterocycles. The number of hydrogen-bond donors (Lipinski definition) is 1. The average Bonchev–Trinajstić information content (AvgIpc) is 2.38. The molecule has 0 heterocycles. The van der Waals surface area contributed by atoms with Gasteiger partial charge in [-0.05, 0) is 25.3 Å². The molecule has 0 unspecified atom stereocenters. The Morgan fingerprint density at radius 1 is 1.16 bits per heavy atom. The third kappa shape index (κ3) is 2.54. The fourth-order valence-corrected chi connectivity index (χ4v) is 3.61. The summed E-state index contributed by atoms with van der Waals surface area (Å²) < 4.78 is 10.8. The highest BCUT2D eigenvalue weighted by molar-refractivity contribution is 6.31. The number of rotatable bonds is 3.